The summed E-state index contributed by atoms with van der Waals surface area (Å²) >= 11 is 2.03. The van der Waals surface area contributed by atoms with E-state index in [1.54, 1.807) is 4.72 Å². The fraction of sp³-hybridized carbons (Fsp3) is 1.00. The van der Waals surface area contributed by atoms with E-state index in [-0.39, 0.29) is 6.54 Å². The van der Waals surface area contributed by atoms with Crippen molar-refractivity contribution < 1.29 is 17.2 Å². The standard InChI is InChI=1S/C4H8F2INO2S/c5-4(6)11(9,10)8-3-1-2-7/h4,8H,1-3H2. The van der Waals surface area contributed by atoms with E-state index in [1.165, 1.54) is 0 Å². The highest BCUT2D eigenvalue weighted by Gasteiger charge is 2.22. The first-order valence-electron chi connectivity index (χ1n) is 2.83. The fourth-order valence-corrected chi connectivity index (χ4v) is 1.28. The maximum absolute atomic E-state index is 11.6. The quantitative estimate of drug-likeness (QED) is 0.467. The van der Waals surface area contributed by atoms with Crippen molar-refractivity contribution in [3.8, 4) is 0 Å². The molecule has 0 bridgehead atoms. The molecular formula is C4H8F2INO2S. The zero-order valence-electron chi connectivity index (χ0n) is 5.56. The van der Waals surface area contributed by atoms with Gasteiger partial charge in [0.1, 0.15) is 0 Å². The number of hydrogen-bond donors (Lipinski definition) is 1. The lowest BCUT2D eigenvalue weighted by atomic mass is 10.5. The lowest BCUT2D eigenvalue weighted by Crippen LogP contribution is -2.30. The number of rotatable bonds is 5. The Kier molecular flexibility index (Phi) is 5.44. The van der Waals surface area contributed by atoms with Gasteiger partial charge >= 0.3 is 5.76 Å². The summed E-state index contributed by atoms with van der Waals surface area (Å²) in [5, 5.41) is 0. The highest BCUT2D eigenvalue weighted by Crippen LogP contribution is 2.01. The van der Waals surface area contributed by atoms with Gasteiger partial charge in [-0.1, -0.05) is 22.6 Å². The van der Waals surface area contributed by atoms with E-state index in [1.807, 2.05) is 22.6 Å². The molecule has 0 aliphatic rings. The molecule has 0 aromatic carbocycles. The average Bonchev–Trinajstić information content (AvgIpc) is 1.88. The number of nitrogens with one attached hydrogen (secondary N) is 1. The normalized spacial score (nSPS) is 12.4. The van der Waals surface area contributed by atoms with Gasteiger partial charge in [-0.15, -0.1) is 0 Å². The Hall–Kier alpha value is 0.500. The molecule has 0 saturated heterocycles. The van der Waals surface area contributed by atoms with Crippen LogP contribution in [0.25, 0.3) is 0 Å². The summed E-state index contributed by atoms with van der Waals surface area (Å²) < 4.78 is 46.4. The predicted molar refractivity (Wildman–Crippen MR) is 46.4 cm³/mol. The second-order valence-electron chi connectivity index (χ2n) is 1.74. The van der Waals surface area contributed by atoms with Crippen molar-refractivity contribution in [2.24, 2.45) is 0 Å². The lowest BCUT2D eigenvalue weighted by molar-refractivity contribution is 0.232. The second kappa shape index (κ2) is 5.20. The molecule has 68 valence electrons. The average molecular weight is 299 g/mol. The number of sulfonamides is 1. The Balaban J connectivity index is 3.75. The predicted octanol–water partition coefficient (Wildman–Crippen LogP) is 0.954. The first kappa shape index (κ1) is 11.5. The van der Waals surface area contributed by atoms with Crippen LogP contribution in [0, 0.1) is 0 Å². The summed E-state index contributed by atoms with van der Waals surface area (Å²) in [5.74, 6) is -3.32. The van der Waals surface area contributed by atoms with Gasteiger partial charge in [0.05, 0.1) is 0 Å². The minimum Gasteiger partial charge on any atom is -0.210 e. The lowest BCUT2D eigenvalue weighted by Gasteiger charge is -2.02. The highest BCUT2D eigenvalue weighted by molar-refractivity contribution is 14.1. The Morgan fingerprint density at radius 2 is 2.00 bits per heavy atom. The van der Waals surface area contributed by atoms with Crippen LogP contribution in [-0.4, -0.2) is 25.1 Å². The molecule has 7 heteroatoms. The molecule has 1 N–H and O–H groups in total. The molecule has 0 aromatic heterocycles. The van der Waals surface area contributed by atoms with Crippen LogP contribution < -0.4 is 4.72 Å². The van der Waals surface area contributed by atoms with Crippen molar-refractivity contribution in [2.75, 3.05) is 11.0 Å². The smallest absolute Gasteiger partial charge is 0.210 e. The van der Waals surface area contributed by atoms with Crippen molar-refractivity contribution in [1.29, 1.82) is 0 Å². The van der Waals surface area contributed by atoms with Gasteiger partial charge in [0.15, 0.2) is 0 Å². The summed E-state index contributed by atoms with van der Waals surface area (Å²) in [6, 6.07) is 0. The van der Waals surface area contributed by atoms with Crippen LogP contribution in [-0.2, 0) is 10.0 Å². The van der Waals surface area contributed by atoms with Gasteiger partial charge in [-0.3, -0.25) is 0 Å². The van der Waals surface area contributed by atoms with E-state index >= 15 is 0 Å². The Bertz CT molecular complexity index is 194. The number of halogens is 3. The topological polar surface area (TPSA) is 46.2 Å². The monoisotopic (exact) mass is 299 g/mol. The van der Waals surface area contributed by atoms with Crippen LogP contribution in [0.3, 0.4) is 0 Å². The molecule has 0 rings (SSSR count). The third-order valence-electron chi connectivity index (χ3n) is 0.848. The molecule has 11 heavy (non-hydrogen) atoms. The molecular weight excluding hydrogens is 291 g/mol. The number of hydrogen-bond acceptors (Lipinski definition) is 2. The molecule has 0 aromatic rings. The van der Waals surface area contributed by atoms with Crippen LogP contribution in [0.2, 0.25) is 0 Å². The van der Waals surface area contributed by atoms with Gasteiger partial charge in [0, 0.05) is 11.0 Å². The third-order valence-corrected chi connectivity index (χ3v) is 2.69. The summed E-state index contributed by atoms with van der Waals surface area (Å²) in [6.45, 7) is 0.0790. The second-order valence-corrected chi connectivity index (χ2v) is 4.56. The summed E-state index contributed by atoms with van der Waals surface area (Å²) in [5.41, 5.74) is 0. The van der Waals surface area contributed by atoms with Crippen LogP contribution in [0.1, 0.15) is 6.42 Å². The van der Waals surface area contributed by atoms with Gasteiger partial charge in [0.2, 0.25) is 0 Å². The Morgan fingerprint density at radius 3 is 2.36 bits per heavy atom. The van der Waals surface area contributed by atoms with E-state index in [2.05, 4.69) is 0 Å². The van der Waals surface area contributed by atoms with Gasteiger partial charge < -0.3 is 0 Å². The zero-order valence-corrected chi connectivity index (χ0v) is 8.53. The van der Waals surface area contributed by atoms with Crippen molar-refractivity contribution in [1.82, 2.24) is 4.72 Å². The fourth-order valence-electron chi connectivity index (χ4n) is 0.344. The van der Waals surface area contributed by atoms with Crippen LogP contribution in [0.5, 0.6) is 0 Å². The highest BCUT2D eigenvalue weighted by atomic mass is 127. The van der Waals surface area contributed by atoms with Gasteiger partial charge in [-0.25, -0.2) is 13.1 Å². The molecule has 0 atom stereocenters. The van der Waals surface area contributed by atoms with Crippen LogP contribution in [0.15, 0.2) is 0 Å². The Labute approximate surface area is 77.7 Å². The summed E-state index contributed by atoms with van der Waals surface area (Å²) in [7, 11) is -4.36. The maximum atomic E-state index is 11.6. The van der Waals surface area contributed by atoms with E-state index in [0.717, 1.165) is 4.43 Å². The largest absolute Gasteiger partial charge is 0.350 e. The molecule has 0 amide bonds. The molecule has 0 spiro atoms. The molecule has 0 aliphatic heterocycles. The molecule has 0 radical (unpaired) electrons. The van der Waals surface area contributed by atoms with Crippen molar-refractivity contribution in [3.05, 3.63) is 0 Å². The molecule has 3 nitrogen and oxygen atoms in total. The van der Waals surface area contributed by atoms with Gasteiger partial charge in [-0.05, 0) is 6.42 Å². The van der Waals surface area contributed by atoms with Crippen molar-refractivity contribution in [3.63, 3.8) is 0 Å². The van der Waals surface area contributed by atoms with Crippen LogP contribution >= 0.6 is 22.6 Å². The molecule has 0 fully saturated rings. The third kappa shape index (κ3) is 4.86. The minimum absolute atomic E-state index is 0.0790. The van der Waals surface area contributed by atoms with E-state index < -0.39 is 15.8 Å². The molecule has 0 aliphatic carbocycles. The SMILES string of the molecule is O=S(=O)(NCCCI)C(F)F. The first-order chi connectivity index (χ1) is 5.00. The van der Waals surface area contributed by atoms with Crippen molar-refractivity contribution in [2.45, 2.75) is 12.2 Å². The van der Waals surface area contributed by atoms with E-state index in [4.69, 9.17) is 0 Å². The minimum atomic E-state index is -4.36. The first-order valence-corrected chi connectivity index (χ1v) is 5.90. The molecule has 0 heterocycles. The van der Waals surface area contributed by atoms with Gasteiger partial charge in [0.25, 0.3) is 10.0 Å². The number of alkyl halides is 3. The zero-order chi connectivity index (χ0) is 8.91. The van der Waals surface area contributed by atoms with Crippen LogP contribution in [0.4, 0.5) is 8.78 Å². The Morgan fingerprint density at radius 1 is 1.45 bits per heavy atom. The summed E-state index contributed by atoms with van der Waals surface area (Å²) in [6.07, 6.45) is 0.562. The van der Waals surface area contributed by atoms with E-state index in [0.29, 0.717) is 6.42 Å². The summed E-state index contributed by atoms with van der Waals surface area (Å²) in [4.78, 5) is 0. The van der Waals surface area contributed by atoms with E-state index in [9.17, 15) is 17.2 Å². The van der Waals surface area contributed by atoms with Crippen molar-refractivity contribution >= 4 is 32.6 Å². The molecule has 0 saturated carbocycles. The molecule has 0 unspecified atom stereocenters. The maximum Gasteiger partial charge on any atom is 0.350 e. The van der Waals surface area contributed by atoms with Gasteiger partial charge in [-0.2, -0.15) is 8.78 Å².